The van der Waals surface area contributed by atoms with Crippen LogP contribution in [-0.4, -0.2) is 53.7 Å². The molecule has 3 heterocycles. The summed E-state index contributed by atoms with van der Waals surface area (Å²) in [5, 5.41) is 11.9. The van der Waals surface area contributed by atoms with E-state index in [1.165, 1.54) is 93.5 Å². The van der Waals surface area contributed by atoms with Crippen molar-refractivity contribution in [1.82, 2.24) is 5.32 Å². The number of nitrogens with one attached hydrogen (secondary N) is 2. The predicted octanol–water partition coefficient (Wildman–Crippen LogP) is 7.52. The first kappa shape index (κ1) is 32.1. The van der Waals surface area contributed by atoms with Gasteiger partial charge in [0, 0.05) is 41.7 Å². The van der Waals surface area contributed by atoms with Gasteiger partial charge in [-0.2, -0.15) is 0 Å². The summed E-state index contributed by atoms with van der Waals surface area (Å²) in [6.07, 6.45) is 18.2. The smallest absolute Gasteiger partial charge is 0.243 e. The first-order valence-electron chi connectivity index (χ1n) is 18.6. The summed E-state index contributed by atoms with van der Waals surface area (Å²) >= 11 is 0. The highest BCUT2D eigenvalue weighted by Crippen LogP contribution is 2.66. The van der Waals surface area contributed by atoms with Gasteiger partial charge in [-0.15, -0.1) is 0 Å². The van der Waals surface area contributed by atoms with E-state index in [4.69, 9.17) is 16.9 Å². The second-order valence-corrected chi connectivity index (χ2v) is 19.0. The molecule has 2 aromatic carbocycles. The van der Waals surface area contributed by atoms with E-state index in [2.05, 4.69) is 46.6 Å². The Labute approximate surface area is 278 Å². The molecule has 250 valence electrons. The van der Waals surface area contributed by atoms with Crippen LogP contribution in [0.15, 0.2) is 47.4 Å². The summed E-state index contributed by atoms with van der Waals surface area (Å²) in [7, 11) is -0.869. The van der Waals surface area contributed by atoms with Gasteiger partial charge in [0.15, 0.2) is 0 Å². The number of nitrogens with two attached hydrogens (primary N) is 2. The summed E-state index contributed by atoms with van der Waals surface area (Å²) in [6, 6.07) is 16.0. The molecule has 2 aliphatic carbocycles. The van der Waals surface area contributed by atoms with Crippen LogP contribution >= 0.6 is 10.0 Å². The molecular weight excluding hydrogens is 587 g/mol. The Morgan fingerprint density at radius 1 is 0.848 bits per heavy atom. The van der Waals surface area contributed by atoms with Crippen molar-refractivity contribution in [3.8, 4) is 0 Å². The van der Waals surface area contributed by atoms with Crippen LogP contribution in [0, 0.1) is 11.3 Å². The van der Waals surface area contributed by atoms with Gasteiger partial charge in [0.05, 0.1) is 0 Å². The molecule has 7 rings (SSSR count). The second kappa shape index (κ2) is 13.9. The summed E-state index contributed by atoms with van der Waals surface area (Å²) < 4.78 is 0. The number of carbonyl (C=O) groups is 1. The predicted molar refractivity (Wildman–Crippen MR) is 194 cm³/mol. The molecule has 1 spiro atoms. The van der Waals surface area contributed by atoms with Gasteiger partial charge < -0.3 is 21.7 Å². The van der Waals surface area contributed by atoms with E-state index in [-0.39, 0.29) is 35.8 Å². The number of nitrogens with zero attached hydrogens (tertiary/aromatic N) is 1. The molecule has 46 heavy (non-hydrogen) atoms. The molecule has 0 bridgehead atoms. The van der Waals surface area contributed by atoms with E-state index in [9.17, 15) is 4.79 Å². The Hall–Kier alpha value is -2.51. The molecule has 0 radical (unpaired) electrons. The summed E-state index contributed by atoms with van der Waals surface area (Å²) in [5.74, 6) is 5.36. The maximum Gasteiger partial charge on any atom is 0.243 e. The van der Waals surface area contributed by atoms with Gasteiger partial charge in [0.2, 0.25) is 5.91 Å². The molecule has 3 atom stereocenters. The Balaban J connectivity index is 1.27. The average Bonchev–Trinajstić information content (AvgIpc) is 3.37. The van der Waals surface area contributed by atoms with Crippen molar-refractivity contribution >= 4 is 27.5 Å². The van der Waals surface area contributed by atoms with E-state index in [1.807, 2.05) is 6.07 Å². The molecular formula is C39H57N5OS. The lowest BCUT2D eigenvalue weighted by atomic mass is 9.78. The van der Waals surface area contributed by atoms with Gasteiger partial charge >= 0.3 is 0 Å². The number of fused-ring (bicyclic) bond motifs is 3. The lowest BCUT2D eigenvalue weighted by molar-refractivity contribution is -0.124. The van der Waals surface area contributed by atoms with Crippen LogP contribution in [0.3, 0.4) is 0 Å². The van der Waals surface area contributed by atoms with Crippen LogP contribution in [0.5, 0.6) is 0 Å². The summed E-state index contributed by atoms with van der Waals surface area (Å²) in [4.78, 5) is 19.0. The summed E-state index contributed by atoms with van der Waals surface area (Å²) in [5.41, 5.74) is 17.1. The van der Waals surface area contributed by atoms with Gasteiger partial charge in [-0.1, -0.05) is 75.3 Å². The molecule has 1 amide bonds. The number of hydrogen-bond acceptors (Lipinski definition) is 4. The van der Waals surface area contributed by atoms with Crippen LogP contribution in [0.1, 0.15) is 125 Å². The fourth-order valence-electron chi connectivity index (χ4n) is 9.95. The first-order chi connectivity index (χ1) is 22.4. The monoisotopic (exact) mass is 643 g/mol. The minimum absolute atomic E-state index is 0.101. The van der Waals surface area contributed by atoms with Crippen LogP contribution in [0.4, 0.5) is 5.69 Å². The minimum atomic E-state index is -0.869. The van der Waals surface area contributed by atoms with E-state index in [1.54, 1.807) is 10.5 Å². The number of carbonyl (C=O) groups excluding carboxylic acids is 1. The standard InChI is InChI=1S/C39H57N5OS/c40-30-17-19-31(20-18-30)43-39(45)37-36(27-12-6-2-3-7-13-27)33-21-16-28(38(41)42)24-34(33)44(37)25-29-26-46(22-10-4-1-5-11-23-46)35-15-9-8-14-32(29)35/h8-9,14-16,21,24,27,29-31,36-37H,1-7,10-13,17-20,22-23,25-26,40H2,(H3,41,42)(H,43,45). The minimum Gasteiger partial charge on any atom is -0.384 e. The van der Waals surface area contributed by atoms with Gasteiger partial charge in [0.25, 0.3) is 0 Å². The molecule has 3 aliphatic heterocycles. The number of amidine groups is 1. The molecule has 3 unspecified atom stereocenters. The third-order valence-electron chi connectivity index (χ3n) is 12.3. The van der Waals surface area contributed by atoms with Crippen molar-refractivity contribution in [2.45, 2.75) is 131 Å². The number of rotatable bonds is 6. The van der Waals surface area contributed by atoms with E-state index in [0.717, 1.165) is 43.5 Å². The van der Waals surface area contributed by atoms with Crippen molar-refractivity contribution < 1.29 is 4.79 Å². The Kier molecular flexibility index (Phi) is 9.70. The molecule has 7 heteroatoms. The maximum absolute atomic E-state index is 14.8. The first-order valence-corrected chi connectivity index (χ1v) is 20.7. The topological polar surface area (TPSA) is 108 Å². The van der Waals surface area contributed by atoms with Gasteiger partial charge in [0.1, 0.15) is 11.9 Å². The Bertz CT molecular complexity index is 1390. The van der Waals surface area contributed by atoms with Gasteiger partial charge in [-0.05, 0) is 103 Å². The zero-order chi connectivity index (χ0) is 31.7. The lowest BCUT2D eigenvalue weighted by Gasteiger charge is -2.40. The molecule has 1 saturated heterocycles. The highest BCUT2D eigenvalue weighted by Gasteiger charge is 2.49. The molecule has 2 aromatic rings. The maximum atomic E-state index is 14.8. The third-order valence-corrected chi connectivity index (χ3v) is 16.8. The highest BCUT2D eigenvalue weighted by molar-refractivity contribution is 8.34. The quantitative estimate of drug-likeness (QED) is 0.148. The van der Waals surface area contributed by atoms with Gasteiger partial charge in [-0.25, -0.2) is 10.0 Å². The van der Waals surface area contributed by atoms with E-state index in [0.29, 0.717) is 11.8 Å². The number of amides is 1. The second-order valence-electron chi connectivity index (χ2n) is 15.3. The largest absolute Gasteiger partial charge is 0.384 e. The van der Waals surface area contributed by atoms with E-state index < -0.39 is 10.0 Å². The molecule has 6 N–H and O–H groups in total. The number of anilines is 1. The van der Waals surface area contributed by atoms with Crippen molar-refractivity contribution in [2.24, 2.45) is 17.4 Å². The van der Waals surface area contributed by atoms with Crippen molar-refractivity contribution in [2.75, 3.05) is 28.7 Å². The van der Waals surface area contributed by atoms with Crippen molar-refractivity contribution in [3.63, 3.8) is 0 Å². The fraction of sp³-hybridized carbons (Fsp3) is 0.641. The fourth-order valence-corrected chi connectivity index (χ4v) is 14.8. The molecule has 0 aromatic heterocycles. The molecule has 2 saturated carbocycles. The zero-order valence-corrected chi connectivity index (χ0v) is 28.7. The van der Waals surface area contributed by atoms with Crippen LogP contribution in [0.2, 0.25) is 0 Å². The van der Waals surface area contributed by atoms with Gasteiger partial charge in [-0.3, -0.25) is 10.2 Å². The number of hydrogen-bond donors (Lipinski definition) is 4. The molecule has 5 aliphatic rings. The number of benzene rings is 2. The van der Waals surface area contributed by atoms with Crippen molar-refractivity contribution in [3.05, 3.63) is 59.2 Å². The van der Waals surface area contributed by atoms with Crippen LogP contribution in [0.25, 0.3) is 0 Å². The lowest BCUT2D eigenvalue weighted by Crippen LogP contribution is -2.53. The zero-order valence-electron chi connectivity index (χ0n) is 27.9. The average molecular weight is 644 g/mol. The van der Waals surface area contributed by atoms with E-state index >= 15 is 0 Å². The molecule has 6 nitrogen and oxygen atoms in total. The Morgan fingerprint density at radius 2 is 1.52 bits per heavy atom. The van der Waals surface area contributed by atoms with Crippen molar-refractivity contribution in [1.29, 1.82) is 5.41 Å². The molecule has 3 fully saturated rings. The van der Waals surface area contributed by atoms with Crippen LogP contribution in [-0.2, 0) is 4.79 Å². The SMILES string of the molecule is N=C(N)c1ccc2c(c1)N(CC1CS3(CCCCCCC3)c3ccccc31)C(C(=O)NC1CCC(N)CC1)C2C1CCCCCC1. The van der Waals surface area contributed by atoms with Crippen LogP contribution < -0.4 is 21.7 Å². The summed E-state index contributed by atoms with van der Waals surface area (Å²) in [6.45, 7) is 0.858. The normalized spacial score (nSPS) is 30.5. The number of nitrogen functional groups attached to an aromatic ring is 1. The highest BCUT2D eigenvalue weighted by atomic mass is 32.3. The third kappa shape index (κ3) is 6.35. The Morgan fingerprint density at radius 3 is 2.24 bits per heavy atom.